The number of benzene rings is 5. The molecule has 1 saturated heterocycles. The molecule has 6 rings (SSSR count). The number of unbranched alkanes of at least 4 members (excludes halogenated alkanes) is 1. The maximum atomic E-state index is 14.6. The van der Waals surface area contributed by atoms with Crippen molar-refractivity contribution >= 4 is 51.0 Å². The summed E-state index contributed by atoms with van der Waals surface area (Å²) in [6.45, 7) is 3.27. The monoisotopic (exact) mass is 812 g/mol. The fraction of sp³-hybridized carbons (Fsp3) is 0.354. The van der Waals surface area contributed by atoms with Crippen LogP contribution in [-0.4, -0.2) is 78.3 Å². The van der Waals surface area contributed by atoms with Gasteiger partial charge in [0.2, 0.25) is 23.6 Å². The van der Waals surface area contributed by atoms with E-state index in [9.17, 15) is 29.1 Å². The molecule has 12 heteroatoms. The minimum Gasteiger partial charge on any atom is -0.508 e. The van der Waals surface area contributed by atoms with Crippen molar-refractivity contribution in [2.24, 2.45) is 11.7 Å². The molecule has 0 radical (unpaired) electrons. The number of nitrogens with two attached hydrogens (primary N) is 1. The van der Waals surface area contributed by atoms with Gasteiger partial charge in [-0.3, -0.25) is 24.0 Å². The van der Waals surface area contributed by atoms with E-state index in [0.717, 1.165) is 32.7 Å². The van der Waals surface area contributed by atoms with Gasteiger partial charge in [-0.1, -0.05) is 97.1 Å². The van der Waals surface area contributed by atoms with E-state index in [-0.39, 0.29) is 42.6 Å². The third kappa shape index (κ3) is 12.2. The van der Waals surface area contributed by atoms with Crippen LogP contribution in [0.2, 0.25) is 0 Å². The Morgan fingerprint density at radius 1 is 0.600 bits per heavy atom. The molecular weight excluding hydrogens is 757 g/mol. The van der Waals surface area contributed by atoms with Gasteiger partial charge in [0.15, 0.2) is 5.78 Å². The van der Waals surface area contributed by atoms with Crippen molar-refractivity contribution in [1.29, 1.82) is 0 Å². The van der Waals surface area contributed by atoms with E-state index in [1.54, 1.807) is 12.1 Å². The predicted octanol–water partition coefficient (Wildman–Crippen LogP) is 4.38. The standard InChI is InChI=1S/C48H56N6O6/c1-31(55)41(12-6-7-23-49)51-46(58)42(28-32-15-19-40(56)20-16-32)53-48(60)44(30-34-14-18-36-9-3-5-11-39(36)27-34)54-47(59)43(52-45(57)37-21-24-50-25-22-37)29-33-13-17-35-8-2-4-10-38(35)26-33/h2-5,8-11,13-20,26-27,37,41-44,50,56H,6-7,12,21-25,28-30,49H2,1H3,(H,51,58)(H,52,57)(H,53,60)(H,54,59). The zero-order valence-electron chi connectivity index (χ0n) is 34.1. The molecule has 314 valence electrons. The first kappa shape index (κ1) is 43.5. The van der Waals surface area contributed by atoms with Crippen LogP contribution in [0.15, 0.2) is 109 Å². The van der Waals surface area contributed by atoms with Gasteiger partial charge >= 0.3 is 0 Å². The van der Waals surface area contributed by atoms with E-state index in [0.29, 0.717) is 57.3 Å². The number of carbonyl (C=O) groups excluding carboxylic acids is 5. The van der Waals surface area contributed by atoms with Crippen LogP contribution in [0.3, 0.4) is 0 Å². The fourth-order valence-corrected chi connectivity index (χ4v) is 7.76. The lowest BCUT2D eigenvalue weighted by atomic mass is 9.95. The molecule has 0 spiro atoms. The van der Waals surface area contributed by atoms with Crippen molar-refractivity contribution in [3.63, 3.8) is 0 Å². The normalized spacial score (nSPS) is 15.0. The highest BCUT2D eigenvalue weighted by Gasteiger charge is 2.33. The third-order valence-electron chi connectivity index (χ3n) is 11.2. The average Bonchev–Trinajstić information content (AvgIpc) is 3.26. The molecule has 4 amide bonds. The maximum Gasteiger partial charge on any atom is 0.243 e. The molecule has 8 N–H and O–H groups in total. The summed E-state index contributed by atoms with van der Waals surface area (Å²) in [5, 5.41) is 29.0. The molecule has 1 aliphatic rings. The zero-order valence-corrected chi connectivity index (χ0v) is 34.1. The third-order valence-corrected chi connectivity index (χ3v) is 11.2. The Bertz CT molecular complexity index is 2270. The Labute approximate surface area is 351 Å². The van der Waals surface area contributed by atoms with Crippen molar-refractivity contribution in [1.82, 2.24) is 26.6 Å². The number of piperidine rings is 1. The number of hydrogen-bond donors (Lipinski definition) is 7. The van der Waals surface area contributed by atoms with Crippen LogP contribution in [0.5, 0.6) is 5.75 Å². The number of amides is 4. The summed E-state index contributed by atoms with van der Waals surface area (Å²) in [7, 11) is 0. The van der Waals surface area contributed by atoms with Crippen molar-refractivity contribution in [3.8, 4) is 5.75 Å². The summed E-state index contributed by atoms with van der Waals surface area (Å²) < 4.78 is 0. The second-order valence-corrected chi connectivity index (χ2v) is 15.8. The fourth-order valence-electron chi connectivity index (χ4n) is 7.76. The van der Waals surface area contributed by atoms with E-state index in [1.165, 1.54) is 19.1 Å². The summed E-state index contributed by atoms with van der Waals surface area (Å²) in [6.07, 6.45) is 3.29. The first-order valence-electron chi connectivity index (χ1n) is 20.9. The highest BCUT2D eigenvalue weighted by Crippen LogP contribution is 2.20. The van der Waals surface area contributed by atoms with Gasteiger partial charge in [-0.25, -0.2) is 0 Å². The van der Waals surface area contributed by atoms with Gasteiger partial charge in [0.1, 0.15) is 23.9 Å². The molecule has 0 aliphatic carbocycles. The van der Waals surface area contributed by atoms with Crippen LogP contribution in [-0.2, 0) is 43.2 Å². The highest BCUT2D eigenvalue weighted by atomic mass is 16.3. The number of Topliss-reactive ketones (excluding diaryl/α,β-unsaturated/α-hetero) is 1. The van der Waals surface area contributed by atoms with Crippen molar-refractivity contribution < 1.29 is 29.1 Å². The molecule has 1 aliphatic heterocycles. The average molecular weight is 813 g/mol. The van der Waals surface area contributed by atoms with E-state index in [1.807, 2.05) is 84.9 Å². The summed E-state index contributed by atoms with van der Waals surface area (Å²) in [5.41, 5.74) is 7.95. The Hall–Kier alpha value is -6.11. The number of nitrogens with one attached hydrogen (secondary N) is 5. The number of hydrogen-bond acceptors (Lipinski definition) is 8. The molecular formula is C48H56N6O6. The number of phenolic OH excluding ortho intramolecular Hbond substituents is 1. The first-order chi connectivity index (χ1) is 29.1. The van der Waals surface area contributed by atoms with Crippen LogP contribution in [0.25, 0.3) is 21.5 Å². The van der Waals surface area contributed by atoms with Gasteiger partial charge in [0.25, 0.3) is 0 Å². The van der Waals surface area contributed by atoms with Gasteiger partial charge < -0.3 is 37.4 Å². The lowest BCUT2D eigenvalue weighted by molar-refractivity contribution is -0.135. The number of rotatable bonds is 19. The highest BCUT2D eigenvalue weighted by molar-refractivity contribution is 5.96. The first-order valence-corrected chi connectivity index (χ1v) is 20.9. The number of phenols is 1. The Kier molecular flexibility index (Phi) is 15.4. The second kappa shape index (κ2) is 21.2. The van der Waals surface area contributed by atoms with Crippen molar-refractivity contribution in [2.75, 3.05) is 19.6 Å². The summed E-state index contributed by atoms with van der Waals surface area (Å²) >= 11 is 0. The van der Waals surface area contributed by atoms with Gasteiger partial charge in [-0.15, -0.1) is 0 Å². The molecule has 4 atom stereocenters. The SMILES string of the molecule is CC(=O)C(CCCCN)NC(=O)C(Cc1ccc(O)cc1)NC(=O)C(Cc1ccc2ccccc2c1)NC(=O)C(Cc1ccc2ccccc2c1)NC(=O)C1CCNCC1. The summed E-state index contributed by atoms with van der Waals surface area (Å²) in [5.74, 6) is -2.38. The minimum absolute atomic E-state index is 0.0405. The zero-order chi connectivity index (χ0) is 42.4. The van der Waals surface area contributed by atoms with E-state index < -0.39 is 41.9 Å². The van der Waals surface area contributed by atoms with Gasteiger partial charge in [-0.2, -0.15) is 0 Å². The topological polar surface area (TPSA) is 192 Å². The van der Waals surface area contributed by atoms with Crippen LogP contribution < -0.4 is 32.3 Å². The lowest BCUT2D eigenvalue weighted by Crippen LogP contribution is -2.59. The molecule has 1 heterocycles. The van der Waals surface area contributed by atoms with E-state index in [2.05, 4.69) is 26.6 Å². The maximum absolute atomic E-state index is 14.6. The molecule has 1 fully saturated rings. The second-order valence-electron chi connectivity index (χ2n) is 15.8. The molecule has 60 heavy (non-hydrogen) atoms. The van der Waals surface area contributed by atoms with Crippen LogP contribution in [0.4, 0.5) is 0 Å². The Morgan fingerprint density at radius 2 is 1.05 bits per heavy atom. The van der Waals surface area contributed by atoms with Crippen LogP contribution in [0.1, 0.15) is 55.7 Å². The summed E-state index contributed by atoms with van der Waals surface area (Å²) in [6, 6.07) is 29.7. The minimum atomic E-state index is -1.17. The van der Waals surface area contributed by atoms with E-state index in [4.69, 9.17) is 5.73 Å². The van der Waals surface area contributed by atoms with E-state index >= 15 is 0 Å². The molecule has 0 bridgehead atoms. The molecule has 0 saturated carbocycles. The van der Waals surface area contributed by atoms with Gasteiger partial charge in [0, 0.05) is 25.2 Å². The molecule has 0 aromatic heterocycles. The molecule has 12 nitrogen and oxygen atoms in total. The lowest BCUT2D eigenvalue weighted by Gasteiger charge is -2.28. The van der Waals surface area contributed by atoms with Crippen molar-refractivity contribution in [3.05, 3.63) is 126 Å². The number of fused-ring (bicyclic) bond motifs is 2. The number of aromatic hydroxyl groups is 1. The molecule has 4 unspecified atom stereocenters. The smallest absolute Gasteiger partial charge is 0.243 e. The predicted molar refractivity (Wildman–Crippen MR) is 234 cm³/mol. The van der Waals surface area contributed by atoms with Gasteiger partial charge in [0.05, 0.1) is 6.04 Å². The Morgan fingerprint density at radius 3 is 1.55 bits per heavy atom. The Balaban J connectivity index is 1.30. The largest absolute Gasteiger partial charge is 0.508 e. The number of ketones is 1. The summed E-state index contributed by atoms with van der Waals surface area (Å²) in [4.78, 5) is 69.5. The van der Waals surface area contributed by atoms with Crippen LogP contribution >= 0.6 is 0 Å². The quantitative estimate of drug-likeness (QED) is 0.0598. The molecule has 5 aromatic rings. The number of carbonyl (C=O) groups is 5. The van der Waals surface area contributed by atoms with Crippen molar-refractivity contribution in [2.45, 2.75) is 82.5 Å². The van der Waals surface area contributed by atoms with Crippen LogP contribution in [0, 0.1) is 5.92 Å². The molecule has 5 aromatic carbocycles. The van der Waals surface area contributed by atoms with Gasteiger partial charge in [-0.05, 0) is 109 Å².